The standard InChI is InChI=1S/C23H33N5O5/c1-16(2)15-33-19-6-4-17(14-20(19)31-3)22-25-23(30)18(26-27-22)5-7-21(29)24-8-9-28-10-12-32-13-11-28/h4,6,14,16H,5,7-13,15H2,1-3H3,(H,24,29)(H,25,27,30). The Labute approximate surface area is 193 Å². The number of ether oxygens (including phenoxy) is 3. The van der Waals surface area contributed by atoms with Crippen molar-refractivity contribution in [3.63, 3.8) is 0 Å². The minimum absolute atomic E-state index is 0.116. The molecule has 2 N–H and O–H groups in total. The van der Waals surface area contributed by atoms with Crippen molar-refractivity contribution < 1.29 is 19.0 Å². The lowest BCUT2D eigenvalue weighted by Crippen LogP contribution is -2.41. The largest absolute Gasteiger partial charge is 0.493 e. The van der Waals surface area contributed by atoms with Gasteiger partial charge >= 0.3 is 0 Å². The highest BCUT2D eigenvalue weighted by Crippen LogP contribution is 2.31. The summed E-state index contributed by atoms with van der Waals surface area (Å²) in [5.41, 5.74) is 0.520. The van der Waals surface area contributed by atoms with E-state index >= 15 is 0 Å². The van der Waals surface area contributed by atoms with Gasteiger partial charge in [-0.05, 0) is 24.1 Å². The Hall–Kier alpha value is -2.98. The Morgan fingerprint density at radius 3 is 2.73 bits per heavy atom. The van der Waals surface area contributed by atoms with Gasteiger partial charge in [0, 0.05) is 44.6 Å². The average molecular weight is 460 g/mol. The summed E-state index contributed by atoms with van der Waals surface area (Å²) >= 11 is 0. The number of hydrogen-bond acceptors (Lipinski definition) is 8. The number of morpholine rings is 1. The number of nitrogens with zero attached hydrogens (tertiary/aromatic N) is 3. The van der Waals surface area contributed by atoms with Crippen LogP contribution in [0.1, 0.15) is 26.0 Å². The molecule has 1 aromatic heterocycles. The second-order valence-corrected chi connectivity index (χ2v) is 8.32. The average Bonchev–Trinajstić information content (AvgIpc) is 2.82. The number of H-pyrrole nitrogens is 1. The van der Waals surface area contributed by atoms with Gasteiger partial charge < -0.3 is 24.5 Å². The van der Waals surface area contributed by atoms with Gasteiger partial charge in [-0.25, -0.2) is 0 Å². The molecule has 0 atom stereocenters. The molecule has 1 aliphatic rings. The second-order valence-electron chi connectivity index (χ2n) is 8.32. The molecule has 2 aromatic rings. The maximum absolute atomic E-state index is 12.5. The Morgan fingerprint density at radius 2 is 2.03 bits per heavy atom. The van der Waals surface area contributed by atoms with Crippen LogP contribution in [0.2, 0.25) is 0 Å². The van der Waals surface area contributed by atoms with E-state index in [9.17, 15) is 9.59 Å². The van der Waals surface area contributed by atoms with E-state index in [1.807, 2.05) is 0 Å². The van der Waals surface area contributed by atoms with E-state index in [-0.39, 0.29) is 30.0 Å². The fraction of sp³-hybridized carbons (Fsp3) is 0.565. The van der Waals surface area contributed by atoms with Crippen molar-refractivity contribution in [3.8, 4) is 22.9 Å². The zero-order valence-corrected chi connectivity index (χ0v) is 19.6. The molecule has 180 valence electrons. The van der Waals surface area contributed by atoms with Gasteiger partial charge in [-0.1, -0.05) is 13.8 Å². The van der Waals surface area contributed by atoms with Crippen LogP contribution in [0.25, 0.3) is 11.4 Å². The Balaban J connectivity index is 1.54. The maximum Gasteiger partial charge on any atom is 0.273 e. The zero-order valence-electron chi connectivity index (χ0n) is 19.6. The SMILES string of the molecule is COc1cc(-c2nnc(CCC(=O)NCCN3CCOCC3)c(=O)[nH]2)ccc1OCC(C)C. The van der Waals surface area contributed by atoms with Crippen LogP contribution in [-0.4, -0.2) is 79.1 Å². The number of aromatic amines is 1. The molecular weight excluding hydrogens is 426 g/mol. The highest BCUT2D eigenvalue weighted by atomic mass is 16.5. The fourth-order valence-electron chi connectivity index (χ4n) is 3.34. The molecule has 0 bridgehead atoms. The molecule has 0 unspecified atom stereocenters. The van der Waals surface area contributed by atoms with Crippen molar-refractivity contribution in [1.29, 1.82) is 0 Å². The van der Waals surface area contributed by atoms with Crippen LogP contribution < -0.4 is 20.3 Å². The van der Waals surface area contributed by atoms with E-state index in [2.05, 4.69) is 39.2 Å². The molecule has 10 heteroatoms. The van der Waals surface area contributed by atoms with Gasteiger partial charge in [0.25, 0.3) is 5.56 Å². The van der Waals surface area contributed by atoms with Gasteiger partial charge in [0.2, 0.25) is 5.91 Å². The minimum Gasteiger partial charge on any atom is -0.493 e. The molecule has 1 fully saturated rings. The normalized spacial score (nSPS) is 14.3. The van der Waals surface area contributed by atoms with Crippen LogP contribution in [0.5, 0.6) is 11.5 Å². The van der Waals surface area contributed by atoms with Crippen LogP contribution in [-0.2, 0) is 16.0 Å². The highest BCUT2D eigenvalue weighted by molar-refractivity contribution is 5.76. The number of amides is 1. The van der Waals surface area contributed by atoms with E-state index in [1.54, 1.807) is 25.3 Å². The zero-order chi connectivity index (χ0) is 23.6. The first-order chi connectivity index (χ1) is 16.0. The van der Waals surface area contributed by atoms with Crippen molar-refractivity contribution in [3.05, 3.63) is 34.2 Å². The van der Waals surface area contributed by atoms with Gasteiger partial charge in [-0.2, -0.15) is 0 Å². The second kappa shape index (κ2) is 12.3. The first kappa shape index (κ1) is 24.7. The molecule has 0 saturated carbocycles. The van der Waals surface area contributed by atoms with Crippen LogP contribution in [0, 0.1) is 5.92 Å². The van der Waals surface area contributed by atoms with Crippen LogP contribution in [0.3, 0.4) is 0 Å². The molecule has 2 heterocycles. The topological polar surface area (TPSA) is 119 Å². The summed E-state index contributed by atoms with van der Waals surface area (Å²) in [6, 6.07) is 5.32. The third-order valence-electron chi connectivity index (χ3n) is 5.22. The minimum atomic E-state index is -0.361. The summed E-state index contributed by atoms with van der Waals surface area (Å²) in [6.45, 7) is 9.28. The lowest BCUT2D eigenvalue weighted by molar-refractivity contribution is -0.121. The quantitative estimate of drug-likeness (QED) is 0.516. The molecule has 1 saturated heterocycles. The number of aryl methyl sites for hydroxylation is 1. The molecule has 1 amide bonds. The summed E-state index contributed by atoms with van der Waals surface area (Å²) in [5.74, 6) is 1.77. The Morgan fingerprint density at radius 1 is 1.24 bits per heavy atom. The number of carbonyl (C=O) groups is 1. The number of hydrogen-bond donors (Lipinski definition) is 2. The van der Waals surface area contributed by atoms with E-state index in [1.165, 1.54) is 0 Å². The number of aromatic nitrogens is 3. The third kappa shape index (κ3) is 7.54. The summed E-state index contributed by atoms with van der Waals surface area (Å²) in [4.78, 5) is 29.6. The number of rotatable bonds is 11. The smallest absolute Gasteiger partial charge is 0.273 e. The predicted octanol–water partition coefficient (Wildman–Crippen LogP) is 1.26. The van der Waals surface area contributed by atoms with Gasteiger partial charge in [-0.3, -0.25) is 14.5 Å². The highest BCUT2D eigenvalue weighted by Gasteiger charge is 2.13. The van der Waals surface area contributed by atoms with E-state index in [4.69, 9.17) is 14.2 Å². The summed E-state index contributed by atoms with van der Waals surface area (Å²) in [5, 5.41) is 11.1. The number of nitrogens with one attached hydrogen (secondary N) is 2. The molecule has 0 spiro atoms. The Kier molecular flexibility index (Phi) is 9.20. The number of carbonyl (C=O) groups excluding carboxylic acids is 1. The molecule has 0 aliphatic carbocycles. The maximum atomic E-state index is 12.5. The molecule has 1 aromatic carbocycles. The van der Waals surface area contributed by atoms with Gasteiger partial charge in [0.05, 0.1) is 26.9 Å². The number of benzene rings is 1. The van der Waals surface area contributed by atoms with Crippen molar-refractivity contribution in [1.82, 2.24) is 25.4 Å². The molecule has 33 heavy (non-hydrogen) atoms. The van der Waals surface area contributed by atoms with Crippen LogP contribution in [0.15, 0.2) is 23.0 Å². The van der Waals surface area contributed by atoms with E-state index < -0.39 is 0 Å². The Bertz CT molecular complexity index is 972. The van der Waals surface area contributed by atoms with E-state index in [0.29, 0.717) is 42.0 Å². The van der Waals surface area contributed by atoms with Gasteiger partial charge in [-0.15, -0.1) is 10.2 Å². The molecule has 3 rings (SSSR count). The van der Waals surface area contributed by atoms with E-state index in [0.717, 1.165) is 32.8 Å². The van der Waals surface area contributed by atoms with Crippen molar-refractivity contribution >= 4 is 5.91 Å². The van der Waals surface area contributed by atoms with Crippen molar-refractivity contribution in [2.75, 3.05) is 53.1 Å². The lowest BCUT2D eigenvalue weighted by atomic mass is 10.2. The molecule has 10 nitrogen and oxygen atoms in total. The lowest BCUT2D eigenvalue weighted by Gasteiger charge is -2.26. The van der Waals surface area contributed by atoms with Gasteiger partial charge in [0.1, 0.15) is 5.69 Å². The molecular formula is C23H33N5O5. The fourth-order valence-corrected chi connectivity index (χ4v) is 3.34. The summed E-state index contributed by atoms with van der Waals surface area (Å²) < 4.78 is 16.5. The first-order valence-corrected chi connectivity index (χ1v) is 11.3. The third-order valence-corrected chi connectivity index (χ3v) is 5.22. The van der Waals surface area contributed by atoms with Crippen molar-refractivity contribution in [2.24, 2.45) is 5.92 Å². The summed E-state index contributed by atoms with van der Waals surface area (Å²) in [6.07, 6.45) is 0.396. The molecule has 0 radical (unpaired) electrons. The first-order valence-electron chi connectivity index (χ1n) is 11.3. The predicted molar refractivity (Wildman–Crippen MR) is 124 cm³/mol. The number of methoxy groups -OCH3 is 1. The van der Waals surface area contributed by atoms with Crippen LogP contribution >= 0.6 is 0 Å². The van der Waals surface area contributed by atoms with Crippen molar-refractivity contribution in [2.45, 2.75) is 26.7 Å². The monoisotopic (exact) mass is 459 g/mol. The summed E-state index contributed by atoms with van der Waals surface area (Å²) in [7, 11) is 1.56. The van der Waals surface area contributed by atoms with Crippen LogP contribution in [0.4, 0.5) is 0 Å². The molecule has 1 aliphatic heterocycles. The van der Waals surface area contributed by atoms with Gasteiger partial charge in [0.15, 0.2) is 17.3 Å².